The molecule has 0 bridgehead atoms. The molecular weight excluding hydrogens is 130 g/mol. The van der Waals surface area contributed by atoms with Crippen molar-refractivity contribution in [2.45, 2.75) is 13.8 Å². The predicted octanol–water partition coefficient (Wildman–Crippen LogP) is 1.64. The topological polar surface area (TPSA) is 26.0 Å². The molecule has 0 amide bonds. The normalized spacial score (nSPS) is 12.1. The summed E-state index contributed by atoms with van der Waals surface area (Å²) < 4.78 is 0. The highest BCUT2D eigenvalue weighted by Crippen LogP contribution is 2.04. The van der Waals surface area contributed by atoms with Crippen LogP contribution in [0.2, 0.25) is 0 Å². The average Bonchev–Trinajstić information content (AvgIpc) is 1.89. The molecule has 0 aromatic rings. The van der Waals surface area contributed by atoms with Crippen LogP contribution >= 0.6 is 11.8 Å². The quantitative estimate of drug-likeness (QED) is 0.481. The maximum atomic E-state index is 5.32. The third kappa shape index (κ3) is 5.93. The molecule has 54 valence electrons. The van der Waals surface area contributed by atoms with Crippen molar-refractivity contribution in [1.29, 1.82) is 0 Å². The van der Waals surface area contributed by atoms with E-state index in [1.54, 1.807) is 0 Å². The molecule has 0 unspecified atom stereocenters. The summed E-state index contributed by atoms with van der Waals surface area (Å²) in [7, 11) is 0. The van der Waals surface area contributed by atoms with Gasteiger partial charge < -0.3 is 5.73 Å². The average molecular weight is 145 g/mol. The molecule has 0 saturated carbocycles. The standard InChI is InChI=1S/C7H15NS/c1-3-7(2)6-9-5-4-8/h3H,4-6,8H2,1-2H3/b7-3+. The number of hydrogen-bond acceptors (Lipinski definition) is 2. The molecule has 0 spiro atoms. The fraction of sp³-hybridized carbons (Fsp3) is 0.714. The Balaban J connectivity index is 3.07. The van der Waals surface area contributed by atoms with E-state index in [4.69, 9.17) is 5.73 Å². The van der Waals surface area contributed by atoms with Gasteiger partial charge in [-0.05, 0) is 13.8 Å². The summed E-state index contributed by atoms with van der Waals surface area (Å²) in [5.74, 6) is 2.21. The van der Waals surface area contributed by atoms with Crippen LogP contribution in [0.3, 0.4) is 0 Å². The zero-order chi connectivity index (χ0) is 7.11. The van der Waals surface area contributed by atoms with Gasteiger partial charge in [-0.2, -0.15) is 11.8 Å². The Morgan fingerprint density at radius 2 is 2.33 bits per heavy atom. The summed E-state index contributed by atoms with van der Waals surface area (Å²) in [6.07, 6.45) is 2.14. The van der Waals surface area contributed by atoms with Crippen LogP contribution in [0, 0.1) is 0 Å². The van der Waals surface area contributed by atoms with Crippen molar-refractivity contribution in [2.24, 2.45) is 5.73 Å². The van der Waals surface area contributed by atoms with Crippen molar-refractivity contribution in [1.82, 2.24) is 0 Å². The maximum absolute atomic E-state index is 5.32. The van der Waals surface area contributed by atoms with Gasteiger partial charge >= 0.3 is 0 Å². The second-order valence-corrected chi connectivity index (χ2v) is 3.08. The molecule has 9 heavy (non-hydrogen) atoms. The predicted molar refractivity (Wildman–Crippen MR) is 45.8 cm³/mol. The molecule has 0 aliphatic carbocycles. The Bertz CT molecular complexity index is 88.9. The third-order valence-electron chi connectivity index (χ3n) is 1.08. The molecule has 1 nitrogen and oxygen atoms in total. The lowest BCUT2D eigenvalue weighted by Crippen LogP contribution is -2.01. The lowest BCUT2D eigenvalue weighted by Gasteiger charge is -1.97. The molecule has 0 saturated heterocycles. The summed E-state index contributed by atoms with van der Waals surface area (Å²) in [5, 5.41) is 0. The van der Waals surface area contributed by atoms with Gasteiger partial charge in [-0.15, -0.1) is 0 Å². The Kier molecular flexibility index (Phi) is 6.21. The molecule has 0 heterocycles. The van der Waals surface area contributed by atoms with E-state index in [2.05, 4.69) is 19.9 Å². The molecule has 0 aliphatic heterocycles. The molecule has 0 aliphatic rings. The molecule has 2 N–H and O–H groups in total. The maximum Gasteiger partial charge on any atom is 0.0140 e. The van der Waals surface area contributed by atoms with E-state index in [1.807, 2.05) is 11.8 Å². The van der Waals surface area contributed by atoms with Gasteiger partial charge in [0.1, 0.15) is 0 Å². The van der Waals surface area contributed by atoms with Gasteiger partial charge in [0.25, 0.3) is 0 Å². The summed E-state index contributed by atoms with van der Waals surface area (Å²) >= 11 is 1.89. The number of nitrogens with two attached hydrogens (primary N) is 1. The first kappa shape index (κ1) is 9.05. The van der Waals surface area contributed by atoms with E-state index in [9.17, 15) is 0 Å². The lowest BCUT2D eigenvalue weighted by molar-refractivity contribution is 1.15. The molecule has 0 aromatic carbocycles. The lowest BCUT2D eigenvalue weighted by atomic mass is 10.3. The van der Waals surface area contributed by atoms with Crippen LogP contribution in [0.1, 0.15) is 13.8 Å². The monoisotopic (exact) mass is 145 g/mol. The first-order chi connectivity index (χ1) is 4.31. The molecule has 2 heteroatoms. The van der Waals surface area contributed by atoms with E-state index in [0.29, 0.717) is 0 Å². The van der Waals surface area contributed by atoms with E-state index >= 15 is 0 Å². The van der Waals surface area contributed by atoms with Crippen molar-refractivity contribution < 1.29 is 0 Å². The molecule has 0 fully saturated rings. The Morgan fingerprint density at radius 1 is 1.67 bits per heavy atom. The van der Waals surface area contributed by atoms with Crippen LogP contribution < -0.4 is 5.73 Å². The second-order valence-electron chi connectivity index (χ2n) is 1.98. The van der Waals surface area contributed by atoms with Crippen molar-refractivity contribution in [2.75, 3.05) is 18.1 Å². The smallest absolute Gasteiger partial charge is 0.0140 e. The van der Waals surface area contributed by atoms with Gasteiger partial charge in [-0.3, -0.25) is 0 Å². The van der Waals surface area contributed by atoms with Gasteiger partial charge in [0.05, 0.1) is 0 Å². The number of thioether (sulfide) groups is 1. The fourth-order valence-electron chi connectivity index (χ4n) is 0.400. The van der Waals surface area contributed by atoms with Crippen molar-refractivity contribution >= 4 is 11.8 Å². The van der Waals surface area contributed by atoms with Crippen molar-refractivity contribution in [3.8, 4) is 0 Å². The first-order valence-corrected chi connectivity index (χ1v) is 4.36. The highest BCUT2D eigenvalue weighted by molar-refractivity contribution is 7.99. The highest BCUT2D eigenvalue weighted by atomic mass is 32.2. The second kappa shape index (κ2) is 6.17. The zero-order valence-electron chi connectivity index (χ0n) is 6.18. The van der Waals surface area contributed by atoms with Crippen LogP contribution in [0.15, 0.2) is 11.6 Å². The third-order valence-corrected chi connectivity index (χ3v) is 2.27. The minimum absolute atomic E-state index is 0.793. The van der Waals surface area contributed by atoms with E-state index in [-0.39, 0.29) is 0 Å². The van der Waals surface area contributed by atoms with Crippen LogP contribution in [0.4, 0.5) is 0 Å². The zero-order valence-corrected chi connectivity index (χ0v) is 7.00. The largest absolute Gasteiger partial charge is 0.330 e. The minimum atomic E-state index is 0.793. The molecule has 0 rings (SSSR count). The van der Waals surface area contributed by atoms with Crippen LogP contribution in [-0.4, -0.2) is 18.1 Å². The number of rotatable bonds is 4. The summed E-state index contributed by atoms with van der Waals surface area (Å²) in [6.45, 7) is 5.00. The fourth-order valence-corrected chi connectivity index (χ4v) is 1.20. The molecular formula is C7H15NS. The highest BCUT2D eigenvalue weighted by Gasteiger charge is 1.86. The van der Waals surface area contributed by atoms with E-state index < -0.39 is 0 Å². The van der Waals surface area contributed by atoms with Gasteiger partial charge in [0, 0.05) is 18.1 Å². The molecule has 0 atom stereocenters. The number of hydrogen-bond donors (Lipinski definition) is 1. The van der Waals surface area contributed by atoms with Gasteiger partial charge in [-0.25, -0.2) is 0 Å². The van der Waals surface area contributed by atoms with Gasteiger partial charge in [0.2, 0.25) is 0 Å². The summed E-state index contributed by atoms with van der Waals surface area (Å²) in [5.41, 5.74) is 6.75. The van der Waals surface area contributed by atoms with Gasteiger partial charge in [-0.1, -0.05) is 11.6 Å². The summed E-state index contributed by atoms with van der Waals surface area (Å²) in [6, 6.07) is 0. The van der Waals surface area contributed by atoms with E-state index in [0.717, 1.165) is 18.1 Å². The molecule has 0 aromatic heterocycles. The van der Waals surface area contributed by atoms with Crippen LogP contribution in [0.25, 0.3) is 0 Å². The van der Waals surface area contributed by atoms with Crippen LogP contribution in [-0.2, 0) is 0 Å². The Labute approximate surface area is 61.7 Å². The Hall–Kier alpha value is 0.0500. The van der Waals surface area contributed by atoms with Crippen molar-refractivity contribution in [3.63, 3.8) is 0 Å². The van der Waals surface area contributed by atoms with Gasteiger partial charge in [0.15, 0.2) is 0 Å². The Morgan fingerprint density at radius 3 is 2.78 bits per heavy atom. The van der Waals surface area contributed by atoms with Crippen LogP contribution in [0.5, 0.6) is 0 Å². The first-order valence-electron chi connectivity index (χ1n) is 3.21. The minimum Gasteiger partial charge on any atom is -0.330 e. The van der Waals surface area contributed by atoms with E-state index in [1.165, 1.54) is 5.57 Å². The molecule has 0 radical (unpaired) electrons. The summed E-state index contributed by atoms with van der Waals surface area (Å²) in [4.78, 5) is 0. The van der Waals surface area contributed by atoms with Crippen molar-refractivity contribution in [3.05, 3.63) is 11.6 Å². The number of allylic oxidation sites excluding steroid dienone is 1. The SMILES string of the molecule is C/C=C(\C)CSCCN.